The summed E-state index contributed by atoms with van der Waals surface area (Å²) in [6.45, 7) is 4.39. The van der Waals surface area contributed by atoms with Crippen LogP contribution in [0.4, 0.5) is 0 Å². The van der Waals surface area contributed by atoms with E-state index in [0.717, 1.165) is 23.3 Å². The first-order valence-corrected chi connectivity index (χ1v) is 9.31. The van der Waals surface area contributed by atoms with Crippen LogP contribution in [0.15, 0.2) is 12.1 Å². The predicted octanol–water partition coefficient (Wildman–Crippen LogP) is 1.47. The summed E-state index contributed by atoms with van der Waals surface area (Å²) in [7, 11) is -0.340. The molecule has 1 fully saturated rings. The van der Waals surface area contributed by atoms with Gasteiger partial charge < -0.3 is 9.64 Å². The van der Waals surface area contributed by atoms with Crippen molar-refractivity contribution in [1.82, 2.24) is 9.62 Å². The third-order valence-electron chi connectivity index (χ3n) is 4.27. The van der Waals surface area contributed by atoms with Gasteiger partial charge in [0.25, 0.3) is 5.91 Å². The number of ether oxygens (including phenoxy) is 1. The van der Waals surface area contributed by atoms with Crippen LogP contribution in [0, 0.1) is 13.8 Å². The Hall–Kier alpha value is -1.60. The Balaban J connectivity index is 2.26. The Morgan fingerprint density at radius 3 is 2.48 bits per heavy atom. The van der Waals surface area contributed by atoms with Gasteiger partial charge in [-0.05, 0) is 57.0 Å². The minimum atomic E-state index is -3.34. The van der Waals surface area contributed by atoms with Gasteiger partial charge in [-0.3, -0.25) is 4.79 Å². The summed E-state index contributed by atoms with van der Waals surface area (Å²) < 4.78 is 31.2. The molecule has 0 aromatic heterocycles. The number of nitrogens with one attached hydrogen (secondary N) is 1. The van der Waals surface area contributed by atoms with Gasteiger partial charge in [0.15, 0.2) is 0 Å². The van der Waals surface area contributed by atoms with E-state index in [2.05, 4.69) is 4.72 Å². The van der Waals surface area contributed by atoms with Crippen LogP contribution in [0.3, 0.4) is 0 Å². The number of hydrogen-bond acceptors (Lipinski definition) is 4. The molecular formula is C16H24N2O4S. The summed E-state index contributed by atoms with van der Waals surface area (Å²) in [5.74, 6) is 0.605. The number of aryl methyl sites for hydroxylation is 2. The van der Waals surface area contributed by atoms with Gasteiger partial charge in [0.1, 0.15) is 5.75 Å². The number of benzene rings is 1. The minimum absolute atomic E-state index is 0.0522. The molecular weight excluding hydrogens is 316 g/mol. The molecule has 1 amide bonds. The van der Waals surface area contributed by atoms with Crippen LogP contribution in [0.25, 0.3) is 0 Å². The average Bonchev–Trinajstić information content (AvgIpc) is 2.93. The van der Waals surface area contributed by atoms with Gasteiger partial charge >= 0.3 is 0 Å². The zero-order chi connectivity index (χ0) is 17.2. The summed E-state index contributed by atoms with van der Waals surface area (Å²) in [6, 6.07) is 3.33. The molecule has 1 aliphatic heterocycles. The molecule has 0 radical (unpaired) electrons. The largest absolute Gasteiger partial charge is 0.496 e. The normalized spacial score (nSPS) is 18.3. The lowest BCUT2D eigenvalue weighted by atomic mass is 10.0. The van der Waals surface area contributed by atoms with E-state index in [1.807, 2.05) is 13.8 Å². The predicted molar refractivity (Wildman–Crippen MR) is 89.4 cm³/mol. The van der Waals surface area contributed by atoms with E-state index < -0.39 is 10.0 Å². The van der Waals surface area contributed by atoms with Crippen LogP contribution in [-0.4, -0.2) is 51.7 Å². The smallest absolute Gasteiger partial charge is 0.254 e. The SMILES string of the molecule is CNS(=O)(=O)CC1CCCN1C(=O)c1cc(C)c(OC)c(C)c1. The number of rotatable bonds is 5. The number of sulfonamides is 1. The lowest BCUT2D eigenvalue weighted by molar-refractivity contribution is 0.0749. The van der Waals surface area contributed by atoms with E-state index >= 15 is 0 Å². The van der Waals surface area contributed by atoms with Crippen molar-refractivity contribution < 1.29 is 17.9 Å². The van der Waals surface area contributed by atoms with E-state index in [0.29, 0.717) is 18.5 Å². The van der Waals surface area contributed by atoms with Crippen molar-refractivity contribution in [1.29, 1.82) is 0 Å². The third-order valence-corrected chi connectivity index (χ3v) is 5.72. The monoisotopic (exact) mass is 340 g/mol. The Morgan fingerprint density at radius 2 is 1.96 bits per heavy atom. The van der Waals surface area contributed by atoms with Crippen molar-refractivity contribution in [2.75, 3.05) is 26.5 Å². The summed E-state index contributed by atoms with van der Waals surface area (Å²) in [5, 5.41) is 0. The molecule has 1 aliphatic rings. The first kappa shape index (κ1) is 17.7. The quantitative estimate of drug-likeness (QED) is 0.881. The van der Waals surface area contributed by atoms with Gasteiger partial charge in [-0.2, -0.15) is 0 Å². The minimum Gasteiger partial charge on any atom is -0.496 e. The number of methoxy groups -OCH3 is 1. The maximum absolute atomic E-state index is 12.8. The molecule has 0 aliphatic carbocycles. The molecule has 1 aromatic carbocycles. The molecule has 1 saturated heterocycles. The third kappa shape index (κ3) is 3.84. The fourth-order valence-corrected chi connectivity index (χ4v) is 4.19. The van der Waals surface area contributed by atoms with Crippen LogP contribution in [0.1, 0.15) is 34.3 Å². The standard InChI is InChI=1S/C16H24N2O4S/c1-11-8-13(9-12(2)15(11)22-4)16(19)18-7-5-6-14(18)10-23(20,21)17-3/h8-9,14,17H,5-7,10H2,1-4H3. The molecule has 0 saturated carbocycles. The topological polar surface area (TPSA) is 75.7 Å². The van der Waals surface area contributed by atoms with Crippen molar-refractivity contribution in [3.05, 3.63) is 28.8 Å². The molecule has 0 spiro atoms. The number of hydrogen-bond donors (Lipinski definition) is 1. The van der Waals surface area contributed by atoms with Crippen LogP contribution in [0.5, 0.6) is 5.75 Å². The maximum Gasteiger partial charge on any atom is 0.254 e. The maximum atomic E-state index is 12.8. The van der Waals surface area contributed by atoms with Crippen LogP contribution in [-0.2, 0) is 10.0 Å². The number of carbonyl (C=O) groups is 1. The second-order valence-corrected chi connectivity index (χ2v) is 7.89. The lowest BCUT2D eigenvalue weighted by Gasteiger charge is -2.25. The van der Waals surface area contributed by atoms with Crippen LogP contribution in [0.2, 0.25) is 0 Å². The van der Waals surface area contributed by atoms with Crippen molar-refractivity contribution in [2.24, 2.45) is 0 Å². The fourth-order valence-electron chi connectivity index (χ4n) is 3.17. The Bertz CT molecular complexity index is 677. The molecule has 1 heterocycles. The van der Waals surface area contributed by atoms with Gasteiger partial charge in [-0.15, -0.1) is 0 Å². The highest BCUT2D eigenvalue weighted by Gasteiger charge is 2.32. The Labute approximate surface area is 137 Å². The summed E-state index contributed by atoms with van der Waals surface area (Å²) in [4.78, 5) is 14.5. The first-order valence-electron chi connectivity index (χ1n) is 7.66. The van der Waals surface area contributed by atoms with E-state index in [9.17, 15) is 13.2 Å². The molecule has 1 unspecified atom stereocenters. The summed E-state index contributed by atoms with van der Waals surface area (Å²) in [5.41, 5.74) is 2.37. The van der Waals surface area contributed by atoms with Gasteiger partial charge in [0, 0.05) is 18.2 Å². The van der Waals surface area contributed by atoms with Crippen molar-refractivity contribution >= 4 is 15.9 Å². The van der Waals surface area contributed by atoms with Gasteiger partial charge in [-0.1, -0.05) is 0 Å². The number of nitrogens with zero attached hydrogens (tertiary/aromatic N) is 1. The molecule has 1 N–H and O–H groups in total. The van der Waals surface area contributed by atoms with Crippen molar-refractivity contribution in [3.63, 3.8) is 0 Å². The molecule has 1 aromatic rings. The van der Waals surface area contributed by atoms with E-state index in [1.54, 1.807) is 24.1 Å². The van der Waals surface area contributed by atoms with E-state index in [1.165, 1.54) is 7.05 Å². The molecule has 23 heavy (non-hydrogen) atoms. The number of amides is 1. The van der Waals surface area contributed by atoms with Gasteiger partial charge in [0.2, 0.25) is 10.0 Å². The van der Waals surface area contributed by atoms with E-state index in [-0.39, 0.29) is 17.7 Å². The number of carbonyl (C=O) groups excluding carboxylic acids is 1. The highest BCUT2D eigenvalue weighted by Crippen LogP contribution is 2.27. The molecule has 0 bridgehead atoms. The van der Waals surface area contributed by atoms with E-state index in [4.69, 9.17) is 4.74 Å². The average molecular weight is 340 g/mol. The van der Waals surface area contributed by atoms with Crippen LogP contribution >= 0.6 is 0 Å². The van der Waals surface area contributed by atoms with Crippen LogP contribution < -0.4 is 9.46 Å². The second kappa shape index (κ2) is 6.88. The lowest BCUT2D eigenvalue weighted by Crippen LogP contribution is -2.41. The molecule has 7 heteroatoms. The van der Waals surface area contributed by atoms with Crippen molar-refractivity contribution in [2.45, 2.75) is 32.7 Å². The highest BCUT2D eigenvalue weighted by molar-refractivity contribution is 7.89. The van der Waals surface area contributed by atoms with Crippen molar-refractivity contribution in [3.8, 4) is 5.75 Å². The highest BCUT2D eigenvalue weighted by atomic mass is 32.2. The summed E-state index contributed by atoms with van der Waals surface area (Å²) >= 11 is 0. The van der Waals surface area contributed by atoms with Gasteiger partial charge in [-0.25, -0.2) is 13.1 Å². The first-order chi connectivity index (χ1) is 10.8. The zero-order valence-electron chi connectivity index (χ0n) is 14.0. The zero-order valence-corrected chi connectivity index (χ0v) is 14.9. The molecule has 1 atom stereocenters. The molecule has 2 rings (SSSR count). The number of likely N-dealkylation sites (tertiary alicyclic amines) is 1. The fraction of sp³-hybridized carbons (Fsp3) is 0.562. The Kier molecular flexibility index (Phi) is 5.31. The molecule has 6 nitrogen and oxygen atoms in total. The second-order valence-electron chi connectivity index (χ2n) is 5.92. The Morgan fingerprint density at radius 1 is 1.35 bits per heavy atom. The molecule has 128 valence electrons. The van der Waals surface area contributed by atoms with Gasteiger partial charge in [0.05, 0.1) is 12.9 Å². The summed E-state index contributed by atoms with van der Waals surface area (Å²) in [6.07, 6.45) is 1.53.